The number of nitrogens with zero attached hydrogens (tertiary/aromatic N) is 1. The second-order valence-corrected chi connectivity index (χ2v) is 8.38. The van der Waals surface area contributed by atoms with E-state index >= 15 is 0 Å². The van der Waals surface area contributed by atoms with Gasteiger partial charge in [-0.2, -0.15) is 0 Å². The van der Waals surface area contributed by atoms with E-state index < -0.39 is 5.97 Å². The SMILES string of the molecule is CC(CC(=O)O)c1c(NC(=O)C2CCN(C(=O)c3ccccc3)CC2)[nH]c2ccccc12. The van der Waals surface area contributed by atoms with Crippen LogP contribution in [0.2, 0.25) is 0 Å². The Balaban J connectivity index is 1.45. The van der Waals surface area contributed by atoms with Gasteiger partial charge in [-0.05, 0) is 37.0 Å². The number of hydrogen-bond donors (Lipinski definition) is 3. The Morgan fingerprint density at radius 1 is 1.06 bits per heavy atom. The number of aliphatic carboxylic acids is 1. The Morgan fingerprint density at radius 2 is 1.72 bits per heavy atom. The Kier molecular flexibility index (Phi) is 6.25. The molecule has 3 N–H and O–H groups in total. The highest BCUT2D eigenvalue weighted by Crippen LogP contribution is 2.35. The maximum absolute atomic E-state index is 13.0. The molecule has 166 valence electrons. The topological polar surface area (TPSA) is 102 Å². The van der Waals surface area contributed by atoms with Gasteiger partial charge in [-0.15, -0.1) is 0 Å². The molecule has 1 aliphatic heterocycles. The highest BCUT2D eigenvalue weighted by molar-refractivity contribution is 5.99. The van der Waals surface area contributed by atoms with Crippen LogP contribution < -0.4 is 5.32 Å². The van der Waals surface area contributed by atoms with Crippen molar-refractivity contribution >= 4 is 34.5 Å². The van der Waals surface area contributed by atoms with E-state index in [1.807, 2.05) is 49.4 Å². The molecular formula is C25H27N3O4. The van der Waals surface area contributed by atoms with Gasteiger partial charge in [0.05, 0.1) is 6.42 Å². The molecule has 2 aromatic carbocycles. The van der Waals surface area contributed by atoms with E-state index in [9.17, 15) is 19.5 Å². The summed E-state index contributed by atoms with van der Waals surface area (Å²) >= 11 is 0. The van der Waals surface area contributed by atoms with Crippen molar-refractivity contribution in [2.75, 3.05) is 18.4 Å². The Labute approximate surface area is 186 Å². The number of carboxylic acid groups (broad SMARTS) is 1. The predicted molar refractivity (Wildman–Crippen MR) is 123 cm³/mol. The number of amides is 2. The minimum absolute atomic E-state index is 0.00939. The van der Waals surface area contributed by atoms with Crippen molar-refractivity contribution in [2.24, 2.45) is 5.92 Å². The third-order valence-electron chi connectivity index (χ3n) is 6.14. The van der Waals surface area contributed by atoms with Crippen molar-refractivity contribution in [1.82, 2.24) is 9.88 Å². The molecule has 4 rings (SSSR count). The summed E-state index contributed by atoms with van der Waals surface area (Å²) in [5.74, 6) is -0.895. The standard InChI is InChI=1S/C25H27N3O4/c1-16(15-21(29)30)22-19-9-5-6-10-20(19)26-23(22)27-24(31)17-11-13-28(14-12-17)25(32)18-7-3-2-4-8-18/h2-10,16-17,26H,11-15H2,1H3,(H,27,31)(H,29,30). The quantitative estimate of drug-likeness (QED) is 0.541. The lowest BCUT2D eigenvalue weighted by Gasteiger charge is -2.31. The van der Waals surface area contributed by atoms with Gasteiger partial charge in [0.25, 0.3) is 5.91 Å². The molecule has 1 aliphatic rings. The van der Waals surface area contributed by atoms with Crippen LogP contribution in [0.15, 0.2) is 54.6 Å². The first-order chi connectivity index (χ1) is 15.4. The molecule has 1 fully saturated rings. The van der Waals surface area contributed by atoms with Gasteiger partial charge in [-0.1, -0.05) is 43.3 Å². The zero-order valence-corrected chi connectivity index (χ0v) is 18.0. The number of H-pyrrole nitrogens is 1. The van der Waals surface area contributed by atoms with Crippen molar-refractivity contribution < 1.29 is 19.5 Å². The zero-order chi connectivity index (χ0) is 22.7. The summed E-state index contributed by atoms with van der Waals surface area (Å²) in [4.78, 5) is 42.0. The van der Waals surface area contributed by atoms with Crippen LogP contribution in [0, 0.1) is 5.92 Å². The van der Waals surface area contributed by atoms with Gasteiger partial charge in [-0.25, -0.2) is 0 Å². The van der Waals surface area contributed by atoms with Gasteiger partial charge in [0.1, 0.15) is 5.82 Å². The first kappa shape index (κ1) is 21.6. The number of likely N-dealkylation sites (tertiary alicyclic amines) is 1. The minimum Gasteiger partial charge on any atom is -0.481 e. The second-order valence-electron chi connectivity index (χ2n) is 8.38. The second kappa shape index (κ2) is 9.26. The number of carboxylic acids is 1. The van der Waals surface area contributed by atoms with Gasteiger partial charge < -0.3 is 20.3 Å². The minimum atomic E-state index is -0.879. The third-order valence-corrected chi connectivity index (χ3v) is 6.14. The number of fused-ring (bicyclic) bond motifs is 1. The first-order valence-electron chi connectivity index (χ1n) is 10.9. The lowest BCUT2D eigenvalue weighted by Crippen LogP contribution is -2.41. The van der Waals surface area contributed by atoms with Gasteiger partial charge in [0.2, 0.25) is 5.91 Å². The molecule has 32 heavy (non-hydrogen) atoms. The molecule has 0 spiro atoms. The van der Waals surface area contributed by atoms with Gasteiger partial charge >= 0.3 is 5.97 Å². The van der Waals surface area contributed by atoms with Crippen molar-refractivity contribution in [3.8, 4) is 0 Å². The number of carbonyl (C=O) groups excluding carboxylic acids is 2. The largest absolute Gasteiger partial charge is 0.481 e. The zero-order valence-electron chi connectivity index (χ0n) is 18.0. The predicted octanol–water partition coefficient (Wildman–Crippen LogP) is 4.24. The highest BCUT2D eigenvalue weighted by atomic mass is 16.4. The fourth-order valence-corrected chi connectivity index (χ4v) is 4.47. The van der Waals surface area contributed by atoms with E-state index in [1.165, 1.54) is 0 Å². The smallest absolute Gasteiger partial charge is 0.303 e. The summed E-state index contributed by atoms with van der Waals surface area (Å²) in [5.41, 5.74) is 2.33. The first-order valence-corrected chi connectivity index (χ1v) is 10.9. The molecule has 0 bridgehead atoms. The van der Waals surface area contributed by atoms with Crippen LogP contribution in [0.4, 0.5) is 5.82 Å². The number of aromatic nitrogens is 1. The summed E-state index contributed by atoms with van der Waals surface area (Å²) in [6, 6.07) is 16.8. The van der Waals surface area contributed by atoms with Crippen LogP contribution in [-0.4, -0.2) is 45.9 Å². The highest BCUT2D eigenvalue weighted by Gasteiger charge is 2.29. The molecule has 7 heteroatoms. The number of para-hydroxylation sites is 1. The molecule has 0 saturated carbocycles. The molecule has 0 aliphatic carbocycles. The Hall–Kier alpha value is -3.61. The number of rotatable bonds is 6. The van der Waals surface area contributed by atoms with E-state index in [0.29, 0.717) is 37.3 Å². The van der Waals surface area contributed by atoms with Crippen LogP contribution in [0.5, 0.6) is 0 Å². The molecule has 1 atom stereocenters. The fraction of sp³-hybridized carbons (Fsp3) is 0.320. The number of benzene rings is 2. The lowest BCUT2D eigenvalue weighted by atomic mass is 9.94. The van der Waals surface area contributed by atoms with Crippen LogP contribution in [0.3, 0.4) is 0 Å². The molecule has 7 nitrogen and oxygen atoms in total. The van der Waals surface area contributed by atoms with Crippen molar-refractivity contribution in [1.29, 1.82) is 0 Å². The summed E-state index contributed by atoms with van der Waals surface area (Å²) in [7, 11) is 0. The number of aromatic amines is 1. The van der Waals surface area contributed by atoms with Crippen molar-refractivity contribution in [3.05, 3.63) is 65.7 Å². The molecule has 0 radical (unpaired) electrons. The van der Waals surface area contributed by atoms with Crippen molar-refractivity contribution in [2.45, 2.75) is 32.1 Å². The molecule has 1 aromatic heterocycles. The molecule has 1 saturated heterocycles. The number of piperidine rings is 1. The number of carbonyl (C=O) groups is 3. The number of hydrogen-bond acceptors (Lipinski definition) is 3. The normalized spacial score (nSPS) is 15.5. The number of anilines is 1. The number of nitrogens with one attached hydrogen (secondary N) is 2. The summed E-state index contributed by atoms with van der Waals surface area (Å²) in [6.45, 7) is 2.91. The maximum Gasteiger partial charge on any atom is 0.303 e. The summed E-state index contributed by atoms with van der Waals surface area (Å²) in [6.07, 6.45) is 1.15. The Morgan fingerprint density at radius 3 is 2.41 bits per heavy atom. The average molecular weight is 434 g/mol. The molecule has 3 aromatic rings. The van der Waals surface area contributed by atoms with Crippen LogP contribution in [0.25, 0.3) is 10.9 Å². The van der Waals surface area contributed by atoms with E-state index in [0.717, 1.165) is 16.5 Å². The molecule has 2 heterocycles. The van der Waals surface area contributed by atoms with Crippen molar-refractivity contribution in [3.63, 3.8) is 0 Å². The fourth-order valence-electron chi connectivity index (χ4n) is 4.47. The van der Waals surface area contributed by atoms with Crippen LogP contribution in [0.1, 0.15) is 48.0 Å². The van der Waals surface area contributed by atoms with Gasteiger partial charge in [0.15, 0.2) is 0 Å². The average Bonchev–Trinajstić information content (AvgIpc) is 3.16. The van der Waals surface area contributed by atoms with E-state index in [4.69, 9.17) is 0 Å². The van der Waals surface area contributed by atoms with E-state index in [-0.39, 0.29) is 30.1 Å². The molecular weight excluding hydrogens is 406 g/mol. The van der Waals surface area contributed by atoms with Crippen LogP contribution in [-0.2, 0) is 9.59 Å². The molecule has 2 amide bonds. The maximum atomic E-state index is 13.0. The van der Waals surface area contributed by atoms with Gasteiger partial charge in [0, 0.05) is 41.0 Å². The van der Waals surface area contributed by atoms with E-state index in [2.05, 4.69) is 10.3 Å². The lowest BCUT2D eigenvalue weighted by molar-refractivity contribution is -0.137. The summed E-state index contributed by atoms with van der Waals surface area (Å²) in [5, 5.41) is 13.2. The third kappa shape index (κ3) is 4.51. The monoisotopic (exact) mass is 433 g/mol. The van der Waals surface area contributed by atoms with Gasteiger partial charge in [-0.3, -0.25) is 14.4 Å². The summed E-state index contributed by atoms with van der Waals surface area (Å²) < 4.78 is 0. The van der Waals surface area contributed by atoms with Crippen LogP contribution >= 0.6 is 0 Å². The molecule has 1 unspecified atom stereocenters. The Bertz CT molecular complexity index is 1130. The van der Waals surface area contributed by atoms with E-state index in [1.54, 1.807) is 17.0 Å².